The van der Waals surface area contributed by atoms with Gasteiger partial charge in [0.25, 0.3) is 0 Å². The summed E-state index contributed by atoms with van der Waals surface area (Å²) < 4.78 is 0. The predicted octanol–water partition coefficient (Wildman–Crippen LogP) is 2.40. The Labute approximate surface area is 97.8 Å². The average Bonchev–Trinajstić information content (AvgIpc) is 2.33. The monoisotopic (exact) mass is 226 g/mol. The molecule has 0 saturated heterocycles. The molecule has 0 unspecified atom stereocenters. The van der Waals surface area contributed by atoms with Gasteiger partial charge in [-0.15, -0.1) is 0 Å². The summed E-state index contributed by atoms with van der Waals surface area (Å²) in [6.07, 6.45) is 0. The van der Waals surface area contributed by atoms with Crippen LogP contribution in [0.4, 0.5) is 11.4 Å². The van der Waals surface area contributed by atoms with E-state index in [9.17, 15) is 4.79 Å². The van der Waals surface area contributed by atoms with Crippen LogP contribution in [0.15, 0.2) is 41.4 Å². The SMILES string of the molecule is CN1C(C(=O)O)=Nc2cccc3cccc1c23. The van der Waals surface area contributed by atoms with Crippen molar-refractivity contribution in [3.05, 3.63) is 36.4 Å². The summed E-state index contributed by atoms with van der Waals surface area (Å²) in [6.45, 7) is 0. The number of aliphatic carboxylic acids is 1. The Morgan fingerprint density at radius 1 is 1.24 bits per heavy atom. The van der Waals surface area contributed by atoms with Crippen molar-refractivity contribution < 1.29 is 9.90 Å². The summed E-state index contributed by atoms with van der Waals surface area (Å²) in [6, 6.07) is 11.5. The van der Waals surface area contributed by atoms with Gasteiger partial charge < -0.3 is 10.0 Å². The van der Waals surface area contributed by atoms with Crippen molar-refractivity contribution in [1.82, 2.24) is 0 Å². The highest BCUT2D eigenvalue weighted by atomic mass is 16.4. The van der Waals surface area contributed by atoms with Crippen molar-refractivity contribution in [2.45, 2.75) is 0 Å². The lowest BCUT2D eigenvalue weighted by atomic mass is 10.0. The first kappa shape index (κ1) is 9.84. The van der Waals surface area contributed by atoms with Gasteiger partial charge in [0.2, 0.25) is 5.84 Å². The average molecular weight is 226 g/mol. The number of amidine groups is 1. The highest BCUT2D eigenvalue weighted by Gasteiger charge is 2.23. The minimum Gasteiger partial charge on any atom is -0.475 e. The zero-order chi connectivity index (χ0) is 12.0. The number of carboxylic acid groups (broad SMARTS) is 1. The van der Waals surface area contributed by atoms with E-state index in [0.29, 0.717) is 5.69 Å². The van der Waals surface area contributed by atoms with E-state index in [2.05, 4.69) is 4.99 Å². The molecule has 1 aliphatic heterocycles. The van der Waals surface area contributed by atoms with E-state index < -0.39 is 5.97 Å². The van der Waals surface area contributed by atoms with Crippen LogP contribution in [-0.2, 0) is 4.79 Å². The van der Waals surface area contributed by atoms with E-state index >= 15 is 0 Å². The van der Waals surface area contributed by atoms with Crippen molar-refractivity contribution in [2.75, 3.05) is 11.9 Å². The summed E-state index contributed by atoms with van der Waals surface area (Å²) in [5.41, 5.74) is 1.60. The number of aliphatic imine (C=N–C) groups is 1. The molecule has 2 aromatic carbocycles. The molecular formula is C13H10N2O2. The second-order valence-corrected chi connectivity index (χ2v) is 3.95. The van der Waals surface area contributed by atoms with Gasteiger partial charge in [-0.25, -0.2) is 9.79 Å². The van der Waals surface area contributed by atoms with E-state index in [-0.39, 0.29) is 5.84 Å². The molecule has 0 bridgehead atoms. The van der Waals surface area contributed by atoms with E-state index in [1.165, 1.54) is 0 Å². The molecule has 17 heavy (non-hydrogen) atoms. The smallest absolute Gasteiger partial charge is 0.372 e. The third-order valence-electron chi connectivity index (χ3n) is 2.96. The maximum absolute atomic E-state index is 11.1. The molecule has 0 saturated carbocycles. The van der Waals surface area contributed by atoms with Crippen LogP contribution in [0.2, 0.25) is 0 Å². The fraction of sp³-hybridized carbons (Fsp3) is 0.0769. The lowest BCUT2D eigenvalue weighted by Gasteiger charge is -2.25. The first-order valence-corrected chi connectivity index (χ1v) is 5.26. The fourth-order valence-corrected chi connectivity index (χ4v) is 2.17. The van der Waals surface area contributed by atoms with Crippen LogP contribution in [0.25, 0.3) is 10.8 Å². The summed E-state index contributed by atoms with van der Waals surface area (Å²) in [4.78, 5) is 16.9. The third kappa shape index (κ3) is 1.30. The Balaban J connectivity index is 2.40. The molecule has 84 valence electrons. The van der Waals surface area contributed by atoms with E-state index in [4.69, 9.17) is 5.11 Å². The topological polar surface area (TPSA) is 52.9 Å². The zero-order valence-corrected chi connectivity index (χ0v) is 9.21. The number of hydrogen-bond acceptors (Lipinski definition) is 3. The normalized spacial score (nSPS) is 13.7. The van der Waals surface area contributed by atoms with Crippen LogP contribution in [0.1, 0.15) is 0 Å². The fourth-order valence-electron chi connectivity index (χ4n) is 2.17. The number of hydrogen-bond donors (Lipinski definition) is 1. The maximum atomic E-state index is 11.1. The Hall–Kier alpha value is -2.36. The van der Waals surface area contributed by atoms with Gasteiger partial charge in [-0.05, 0) is 17.5 Å². The molecule has 1 heterocycles. The van der Waals surface area contributed by atoms with Crippen molar-refractivity contribution >= 4 is 34.0 Å². The molecule has 0 aliphatic carbocycles. The van der Waals surface area contributed by atoms with Crippen LogP contribution in [0, 0.1) is 0 Å². The van der Waals surface area contributed by atoms with Gasteiger partial charge in [-0.3, -0.25) is 0 Å². The Kier molecular flexibility index (Phi) is 1.92. The van der Waals surface area contributed by atoms with Gasteiger partial charge in [0, 0.05) is 12.4 Å². The molecule has 4 heteroatoms. The summed E-state index contributed by atoms with van der Waals surface area (Å²) in [5.74, 6) is -0.963. The van der Waals surface area contributed by atoms with Crippen LogP contribution in [0.5, 0.6) is 0 Å². The predicted molar refractivity (Wildman–Crippen MR) is 67.1 cm³/mol. The molecule has 0 aromatic heterocycles. The highest BCUT2D eigenvalue weighted by Crippen LogP contribution is 2.37. The molecular weight excluding hydrogens is 216 g/mol. The molecule has 1 N–H and O–H groups in total. The second-order valence-electron chi connectivity index (χ2n) is 3.95. The highest BCUT2D eigenvalue weighted by molar-refractivity contribution is 6.42. The van der Waals surface area contributed by atoms with Gasteiger partial charge in [0.15, 0.2) is 0 Å². The second kappa shape index (κ2) is 3.31. The van der Waals surface area contributed by atoms with E-state index in [0.717, 1.165) is 16.5 Å². The minimum atomic E-state index is -1.01. The molecule has 3 rings (SSSR count). The number of rotatable bonds is 1. The quantitative estimate of drug-likeness (QED) is 0.812. The number of nitrogens with zero attached hydrogens (tertiary/aromatic N) is 2. The van der Waals surface area contributed by atoms with E-state index in [1.54, 1.807) is 11.9 Å². The van der Waals surface area contributed by atoms with Crippen molar-refractivity contribution in [3.8, 4) is 0 Å². The van der Waals surface area contributed by atoms with Crippen molar-refractivity contribution in [1.29, 1.82) is 0 Å². The molecule has 0 fully saturated rings. The van der Waals surface area contributed by atoms with Crippen LogP contribution in [0.3, 0.4) is 0 Å². The molecule has 0 amide bonds. The number of carbonyl (C=O) groups is 1. The van der Waals surface area contributed by atoms with Crippen molar-refractivity contribution in [2.24, 2.45) is 4.99 Å². The Morgan fingerprint density at radius 3 is 2.65 bits per heavy atom. The van der Waals surface area contributed by atoms with Crippen LogP contribution in [-0.4, -0.2) is 24.0 Å². The number of likely N-dealkylation sites (N-methyl/N-ethyl adjacent to an activating group) is 1. The molecule has 0 atom stereocenters. The zero-order valence-electron chi connectivity index (χ0n) is 9.21. The lowest BCUT2D eigenvalue weighted by Crippen LogP contribution is -2.34. The Bertz CT molecular complexity index is 656. The summed E-state index contributed by atoms with van der Waals surface area (Å²) >= 11 is 0. The first-order chi connectivity index (χ1) is 8.18. The van der Waals surface area contributed by atoms with Gasteiger partial charge in [0.1, 0.15) is 0 Å². The summed E-state index contributed by atoms with van der Waals surface area (Å²) in [7, 11) is 1.72. The molecule has 0 spiro atoms. The number of carboxylic acids is 1. The lowest BCUT2D eigenvalue weighted by molar-refractivity contribution is -0.129. The molecule has 4 nitrogen and oxygen atoms in total. The third-order valence-corrected chi connectivity index (χ3v) is 2.96. The van der Waals surface area contributed by atoms with Gasteiger partial charge in [-0.2, -0.15) is 0 Å². The Morgan fingerprint density at radius 2 is 1.94 bits per heavy atom. The summed E-state index contributed by atoms with van der Waals surface area (Å²) in [5, 5.41) is 11.2. The number of benzene rings is 2. The first-order valence-electron chi connectivity index (χ1n) is 5.26. The molecule has 2 aromatic rings. The largest absolute Gasteiger partial charge is 0.475 e. The van der Waals surface area contributed by atoms with E-state index in [1.807, 2.05) is 36.4 Å². The number of anilines is 1. The van der Waals surface area contributed by atoms with Crippen molar-refractivity contribution in [3.63, 3.8) is 0 Å². The maximum Gasteiger partial charge on any atom is 0.372 e. The van der Waals surface area contributed by atoms with Crippen LogP contribution >= 0.6 is 0 Å². The van der Waals surface area contributed by atoms with Gasteiger partial charge >= 0.3 is 5.97 Å². The van der Waals surface area contributed by atoms with Gasteiger partial charge in [-0.1, -0.05) is 24.3 Å². The minimum absolute atomic E-state index is 0.0520. The standard InChI is InChI=1S/C13H10N2O2/c1-15-10-7-3-5-8-4-2-6-9(11(8)10)14-12(15)13(16)17/h2-7H,1H3,(H,16,17). The van der Waals surface area contributed by atoms with Crippen LogP contribution < -0.4 is 4.90 Å². The van der Waals surface area contributed by atoms with Gasteiger partial charge in [0.05, 0.1) is 11.4 Å². The molecule has 0 radical (unpaired) electrons. The molecule has 1 aliphatic rings.